The number of amides is 1. The zero-order valence-corrected chi connectivity index (χ0v) is 33.4. The molecule has 270 valence electrons. The van der Waals surface area contributed by atoms with Gasteiger partial charge in [0.2, 0.25) is 16.2 Å². The number of nitrogens with one attached hydrogen (secondary N) is 3. The van der Waals surface area contributed by atoms with Crippen molar-refractivity contribution in [3.05, 3.63) is 110 Å². The first-order valence-electron chi connectivity index (χ1n) is 14.3. The van der Waals surface area contributed by atoms with Crippen molar-refractivity contribution in [2.24, 2.45) is 0 Å². The monoisotopic (exact) mass is 875 g/mol. The minimum absolute atomic E-state index is 0.0445. The SMILES string of the molecule is CC(=O)Nc1ccc(-c2nnc(NS(=O)(=O)c3c(Cl)cc(Cl)cc3Cl)s2)cc1.Cc1c(Cl)cccc1S(=O)(=O)Nc1nnc(-c2ccccc2Cl)s1. The average molecular weight is 878 g/mol. The topological polar surface area (TPSA) is 173 Å². The van der Waals surface area contributed by atoms with Gasteiger partial charge in [-0.05, 0) is 67.1 Å². The minimum Gasteiger partial charge on any atom is -0.326 e. The van der Waals surface area contributed by atoms with Gasteiger partial charge in [-0.3, -0.25) is 14.2 Å². The molecule has 0 saturated heterocycles. The van der Waals surface area contributed by atoms with Crippen molar-refractivity contribution in [1.29, 1.82) is 0 Å². The number of halogens is 5. The quantitative estimate of drug-likeness (QED) is 0.128. The molecule has 0 saturated carbocycles. The molecule has 0 radical (unpaired) electrons. The molecule has 0 fully saturated rings. The number of carbonyl (C=O) groups is 1. The van der Waals surface area contributed by atoms with Gasteiger partial charge in [0, 0.05) is 33.8 Å². The lowest BCUT2D eigenvalue weighted by molar-refractivity contribution is -0.114. The van der Waals surface area contributed by atoms with Gasteiger partial charge in [0.05, 0.1) is 20.0 Å². The Kier molecular flexibility index (Phi) is 12.7. The maximum atomic E-state index is 12.6. The van der Waals surface area contributed by atoms with E-state index in [9.17, 15) is 21.6 Å². The summed E-state index contributed by atoms with van der Waals surface area (Å²) in [5.74, 6) is -0.181. The lowest BCUT2D eigenvalue weighted by Crippen LogP contribution is -2.14. The van der Waals surface area contributed by atoms with Crippen molar-refractivity contribution in [2.75, 3.05) is 14.8 Å². The molecular weight excluding hydrogens is 856 g/mol. The molecular formula is C31H22Cl5N7O5S4. The Morgan fingerprint density at radius 2 is 1.21 bits per heavy atom. The molecule has 0 atom stereocenters. The smallest absolute Gasteiger partial charge is 0.266 e. The van der Waals surface area contributed by atoms with Gasteiger partial charge in [0.1, 0.15) is 9.90 Å². The Bertz CT molecular complexity index is 2470. The molecule has 4 aromatic carbocycles. The van der Waals surface area contributed by atoms with Gasteiger partial charge in [-0.1, -0.05) is 105 Å². The van der Waals surface area contributed by atoms with Crippen LogP contribution in [0.15, 0.2) is 88.7 Å². The summed E-state index contributed by atoms with van der Waals surface area (Å²) in [6, 6.07) is 21.3. The summed E-state index contributed by atoms with van der Waals surface area (Å²) in [4.78, 5) is 10.9. The summed E-state index contributed by atoms with van der Waals surface area (Å²) in [6.07, 6.45) is 0. The Morgan fingerprint density at radius 1 is 0.654 bits per heavy atom. The first-order valence-corrected chi connectivity index (χ1v) is 20.8. The third-order valence-electron chi connectivity index (χ3n) is 6.59. The van der Waals surface area contributed by atoms with E-state index >= 15 is 0 Å². The first kappa shape index (κ1) is 39.6. The van der Waals surface area contributed by atoms with Crippen LogP contribution in [0, 0.1) is 6.92 Å². The number of nitrogens with zero attached hydrogens (tertiary/aromatic N) is 4. The van der Waals surface area contributed by atoms with Gasteiger partial charge in [0.25, 0.3) is 20.0 Å². The van der Waals surface area contributed by atoms with Crippen molar-refractivity contribution < 1.29 is 21.6 Å². The van der Waals surface area contributed by atoms with Gasteiger partial charge in [-0.15, -0.1) is 20.4 Å². The minimum atomic E-state index is -4.09. The molecule has 21 heteroatoms. The van der Waals surface area contributed by atoms with Gasteiger partial charge in [0.15, 0.2) is 5.01 Å². The van der Waals surface area contributed by atoms with E-state index in [2.05, 4.69) is 35.2 Å². The molecule has 6 aromatic rings. The van der Waals surface area contributed by atoms with Gasteiger partial charge < -0.3 is 5.32 Å². The van der Waals surface area contributed by atoms with Crippen molar-refractivity contribution >= 4 is 123 Å². The summed E-state index contributed by atoms with van der Waals surface area (Å²) < 4.78 is 55.0. The van der Waals surface area contributed by atoms with Crippen LogP contribution in [0.3, 0.4) is 0 Å². The normalized spacial score (nSPS) is 11.4. The Balaban J connectivity index is 0.000000203. The van der Waals surface area contributed by atoms with Crippen LogP contribution in [0.2, 0.25) is 25.1 Å². The van der Waals surface area contributed by atoms with Gasteiger partial charge in [-0.2, -0.15) is 0 Å². The van der Waals surface area contributed by atoms with Crippen LogP contribution in [0.4, 0.5) is 16.0 Å². The van der Waals surface area contributed by atoms with Crippen LogP contribution in [0.1, 0.15) is 12.5 Å². The first-order chi connectivity index (χ1) is 24.5. The van der Waals surface area contributed by atoms with E-state index in [0.717, 1.165) is 22.7 Å². The van der Waals surface area contributed by atoms with Crippen LogP contribution in [-0.4, -0.2) is 43.1 Å². The molecule has 1 amide bonds. The van der Waals surface area contributed by atoms with Crippen molar-refractivity contribution in [3.8, 4) is 21.1 Å². The van der Waals surface area contributed by atoms with Crippen LogP contribution in [0.5, 0.6) is 0 Å². The van der Waals surface area contributed by atoms with E-state index in [0.29, 0.717) is 42.4 Å². The Hall–Kier alpha value is -3.58. The molecule has 6 rings (SSSR count). The number of benzene rings is 4. The molecule has 2 aromatic heterocycles. The highest BCUT2D eigenvalue weighted by molar-refractivity contribution is 7.93. The molecule has 0 bridgehead atoms. The fraction of sp³-hybridized carbons (Fsp3) is 0.0645. The largest absolute Gasteiger partial charge is 0.326 e. The van der Waals surface area contributed by atoms with E-state index in [4.69, 9.17) is 58.0 Å². The van der Waals surface area contributed by atoms with Crippen LogP contribution >= 0.6 is 80.7 Å². The molecule has 0 unspecified atom stereocenters. The average Bonchev–Trinajstić information content (AvgIpc) is 3.71. The number of sulfonamides is 2. The zero-order chi connectivity index (χ0) is 37.8. The van der Waals surface area contributed by atoms with E-state index < -0.39 is 20.0 Å². The Labute approximate surface area is 331 Å². The molecule has 12 nitrogen and oxygen atoms in total. The molecule has 0 aliphatic rings. The number of rotatable bonds is 9. The molecule has 2 heterocycles. The van der Waals surface area contributed by atoms with E-state index in [1.165, 1.54) is 25.1 Å². The second kappa shape index (κ2) is 16.6. The van der Waals surface area contributed by atoms with Gasteiger partial charge in [-0.25, -0.2) is 16.8 Å². The third-order valence-corrected chi connectivity index (χ3v) is 13.3. The van der Waals surface area contributed by atoms with E-state index in [1.807, 2.05) is 6.07 Å². The Morgan fingerprint density at radius 3 is 1.83 bits per heavy atom. The van der Waals surface area contributed by atoms with Crippen LogP contribution in [-0.2, 0) is 24.8 Å². The predicted octanol–water partition coefficient (Wildman–Crippen LogP) is 9.55. The number of aromatic nitrogens is 4. The fourth-order valence-electron chi connectivity index (χ4n) is 4.29. The summed E-state index contributed by atoms with van der Waals surface area (Å²) in [6.45, 7) is 3.06. The second-order valence-electron chi connectivity index (χ2n) is 10.3. The number of carbonyl (C=O) groups excluding carboxylic acids is 1. The highest BCUT2D eigenvalue weighted by Crippen LogP contribution is 2.36. The number of anilines is 3. The third kappa shape index (κ3) is 9.69. The number of hydrogen-bond acceptors (Lipinski definition) is 11. The van der Waals surface area contributed by atoms with Crippen molar-refractivity contribution in [1.82, 2.24) is 20.4 Å². The highest BCUT2D eigenvalue weighted by Gasteiger charge is 2.25. The summed E-state index contributed by atoms with van der Waals surface area (Å²) >= 11 is 32.0. The molecule has 0 aliphatic carbocycles. The molecule has 0 spiro atoms. The predicted molar refractivity (Wildman–Crippen MR) is 209 cm³/mol. The summed E-state index contributed by atoms with van der Waals surface area (Å²) in [5.41, 5.74) is 2.51. The van der Waals surface area contributed by atoms with E-state index in [1.54, 1.807) is 61.5 Å². The fourth-order valence-corrected chi connectivity index (χ4v) is 10.6. The molecule has 52 heavy (non-hydrogen) atoms. The van der Waals surface area contributed by atoms with Crippen LogP contribution < -0.4 is 14.8 Å². The molecule has 3 N–H and O–H groups in total. The number of hydrogen-bond donors (Lipinski definition) is 3. The lowest BCUT2D eigenvalue weighted by atomic mass is 10.2. The standard InChI is InChI=1S/C16H11Cl3N4O3S2.C15H11Cl2N3O2S2/c1-8(24)20-11-4-2-9(3-5-11)15-21-22-16(27-15)23-28(25,26)14-12(18)6-10(17)7-13(14)19;1-9-11(16)7-4-8-13(9)24(21,22)20-15-19-18-14(23-15)10-5-2-3-6-12(10)17/h2-7H,1H3,(H,20,24)(H,22,23);2-8H,1H3,(H,19,20). The maximum absolute atomic E-state index is 12.6. The van der Waals surface area contributed by atoms with Crippen LogP contribution in [0.25, 0.3) is 21.1 Å². The second-order valence-corrected chi connectivity index (χ2v) is 17.6. The maximum Gasteiger partial charge on any atom is 0.266 e. The van der Waals surface area contributed by atoms with Gasteiger partial charge >= 0.3 is 0 Å². The summed E-state index contributed by atoms with van der Waals surface area (Å²) in [7, 11) is -7.90. The van der Waals surface area contributed by atoms with Crippen molar-refractivity contribution in [2.45, 2.75) is 23.6 Å². The lowest BCUT2D eigenvalue weighted by Gasteiger charge is -2.09. The van der Waals surface area contributed by atoms with E-state index in [-0.39, 0.29) is 41.0 Å². The van der Waals surface area contributed by atoms with Crippen molar-refractivity contribution in [3.63, 3.8) is 0 Å². The summed E-state index contributed by atoms with van der Waals surface area (Å²) in [5, 5.41) is 20.5. The molecule has 0 aliphatic heterocycles. The highest BCUT2D eigenvalue weighted by atomic mass is 35.5. The zero-order valence-electron chi connectivity index (χ0n) is 26.4.